The Balaban J connectivity index is 1.68. The molecule has 148 valence electrons. The maximum Gasteiger partial charge on any atom is 0.251 e. The topological polar surface area (TPSA) is 84.2 Å². The van der Waals surface area contributed by atoms with Gasteiger partial charge < -0.3 is 16.4 Å². The van der Waals surface area contributed by atoms with Gasteiger partial charge in [0.05, 0.1) is 12.5 Å². The predicted octanol–water partition coefficient (Wildman–Crippen LogP) is 3.18. The van der Waals surface area contributed by atoms with E-state index in [1.807, 2.05) is 48.5 Å². The van der Waals surface area contributed by atoms with Crippen LogP contribution < -0.4 is 16.4 Å². The van der Waals surface area contributed by atoms with Crippen molar-refractivity contribution in [2.75, 3.05) is 6.54 Å². The first-order valence-corrected chi connectivity index (χ1v) is 10.1. The average Bonchev–Trinajstić information content (AvgIpc) is 2.75. The molecular formula is C23H29N3O2. The number of hydrogen-bond donors (Lipinski definition) is 3. The Bertz CT molecular complexity index is 764. The highest BCUT2D eigenvalue weighted by atomic mass is 16.2. The van der Waals surface area contributed by atoms with E-state index >= 15 is 0 Å². The number of hydrogen-bond acceptors (Lipinski definition) is 3. The molecule has 0 aliphatic heterocycles. The first-order chi connectivity index (χ1) is 13.7. The summed E-state index contributed by atoms with van der Waals surface area (Å²) in [5.41, 5.74) is 7.38. The van der Waals surface area contributed by atoms with E-state index in [4.69, 9.17) is 5.73 Å². The molecule has 1 aliphatic carbocycles. The van der Waals surface area contributed by atoms with Crippen LogP contribution in [0.3, 0.4) is 0 Å². The lowest BCUT2D eigenvalue weighted by atomic mass is 9.84. The Hall–Kier alpha value is -2.66. The molecule has 0 heterocycles. The van der Waals surface area contributed by atoms with Crippen LogP contribution in [0.5, 0.6) is 0 Å². The van der Waals surface area contributed by atoms with Crippen LogP contribution in [0.2, 0.25) is 0 Å². The molecule has 2 amide bonds. The van der Waals surface area contributed by atoms with Crippen molar-refractivity contribution in [3.8, 4) is 0 Å². The second kappa shape index (κ2) is 10.0. The van der Waals surface area contributed by atoms with E-state index in [-0.39, 0.29) is 30.3 Å². The lowest BCUT2D eigenvalue weighted by molar-refractivity contribution is -0.122. The normalized spacial score (nSPS) is 20.2. The van der Waals surface area contributed by atoms with Crippen molar-refractivity contribution in [3.05, 3.63) is 71.8 Å². The summed E-state index contributed by atoms with van der Waals surface area (Å²) in [6, 6.07) is 18.5. The van der Waals surface area contributed by atoms with E-state index < -0.39 is 0 Å². The highest BCUT2D eigenvalue weighted by Gasteiger charge is 2.27. The van der Waals surface area contributed by atoms with E-state index in [1.54, 1.807) is 12.1 Å². The van der Waals surface area contributed by atoms with Gasteiger partial charge in [-0.15, -0.1) is 0 Å². The van der Waals surface area contributed by atoms with Gasteiger partial charge in [-0.05, 0) is 43.0 Å². The monoisotopic (exact) mass is 379 g/mol. The molecule has 4 N–H and O–H groups in total. The molecule has 1 aliphatic rings. The van der Waals surface area contributed by atoms with E-state index in [0.717, 1.165) is 24.8 Å². The third-order valence-corrected chi connectivity index (χ3v) is 5.49. The van der Waals surface area contributed by atoms with Crippen LogP contribution in [0.1, 0.15) is 54.1 Å². The number of carbonyl (C=O) groups is 2. The van der Waals surface area contributed by atoms with E-state index in [9.17, 15) is 9.59 Å². The van der Waals surface area contributed by atoms with Crippen LogP contribution in [0, 0.1) is 5.92 Å². The molecule has 2 aromatic carbocycles. The van der Waals surface area contributed by atoms with Gasteiger partial charge in [0.15, 0.2) is 0 Å². The zero-order chi connectivity index (χ0) is 19.8. The van der Waals surface area contributed by atoms with Crippen LogP contribution in [-0.2, 0) is 4.79 Å². The molecule has 28 heavy (non-hydrogen) atoms. The van der Waals surface area contributed by atoms with Crippen LogP contribution >= 0.6 is 0 Å². The molecule has 5 nitrogen and oxygen atoms in total. The summed E-state index contributed by atoms with van der Waals surface area (Å²) in [5.74, 6) is 0.110. The molecule has 0 saturated heterocycles. The number of amides is 2. The van der Waals surface area contributed by atoms with Crippen molar-refractivity contribution in [2.24, 2.45) is 11.7 Å². The van der Waals surface area contributed by atoms with Gasteiger partial charge in [0.2, 0.25) is 5.91 Å². The van der Waals surface area contributed by atoms with Gasteiger partial charge in [-0.1, -0.05) is 61.4 Å². The fraction of sp³-hybridized carbons (Fsp3) is 0.391. The van der Waals surface area contributed by atoms with Crippen LogP contribution in [-0.4, -0.2) is 24.4 Å². The van der Waals surface area contributed by atoms with E-state index in [1.165, 1.54) is 6.42 Å². The number of nitrogens with two attached hydrogens (primary N) is 1. The maximum absolute atomic E-state index is 12.8. The van der Waals surface area contributed by atoms with Crippen molar-refractivity contribution in [3.63, 3.8) is 0 Å². The largest absolute Gasteiger partial charge is 0.353 e. The number of benzene rings is 2. The Kier molecular flexibility index (Phi) is 7.20. The molecule has 0 spiro atoms. The standard InChI is InChI=1S/C23H29N3O2/c24-16-19-13-7-8-14-20(19)25-22(27)15-21(17-9-3-1-4-10-17)26-23(28)18-11-5-2-6-12-18/h1-6,9-12,19-21H,7-8,13-16,24H2,(H,25,27)(H,26,28). The Morgan fingerprint density at radius 2 is 1.61 bits per heavy atom. The lowest BCUT2D eigenvalue weighted by Crippen LogP contribution is -2.45. The number of nitrogens with one attached hydrogen (secondary N) is 2. The van der Waals surface area contributed by atoms with Gasteiger partial charge in [-0.25, -0.2) is 0 Å². The third-order valence-electron chi connectivity index (χ3n) is 5.49. The van der Waals surface area contributed by atoms with Crippen molar-refractivity contribution in [2.45, 2.75) is 44.2 Å². The van der Waals surface area contributed by atoms with Gasteiger partial charge in [-0.2, -0.15) is 0 Å². The van der Waals surface area contributed by atoms with Crippen LogP contribution in [0.25, 0.3) is 0 Å². The molecule has 1 saturated carbocycles. The third kappa shape index (κ3) is 5.42. The molecule has 3 unspecified atom stereocenters. The SMILES string of the molecule is NCC1CCCCC1NC(=O)CC(NC(=O)c1ccccc1)c1ccccc1. The minimum atomic E-state index is -0.381. The summed E-state index contributed by atoms with van der Waals surface area (Å²) < 4.78 is 0. The summed E-state index contributed by atoms with van der Waals surface area (Å²) in [5, 5.41) is 6.18. The summed E-state index contributed by atoms with van der Waals surface area (Å²) in [7, 11) is 0. The summed E-state index contributed by atoms with van der Waals surface area (Å²) in [4.78, 5) is 25.4. The fourth-order valence-electron chi connectivity index (χ4n) is 3.90. The molecule has 3 rings (SSSR count). The van der Waals surface area contributed by atoms with Crippen molar-refractivity contribution >= 4 is 11.8 Å². The van der Waals surface area contributed by atoms with E-state index in [2.05, 4.69) is 10.6 Å². The molecule has 0 radical (unpaired) electrons. The Morgan fingerprint density at radius 3 is 2.29 bits per heavy atom. The smallest absolute Gasteiger partial charge is 0.251 e. The highest BCUT2D eigenvalue weighted by Crippen LogP contribution is 2.24. The first-order valence-electron chi connectivity index (χ1n) is 10.1. The average molecular weight is 380 g/mol. The van der Waals surface area contributed by atoms with Gasteiger partial charge in [0.25, 0.3) is 5.91 Å². The summed E-state index contributed by atoms with van der Waals surface area (Å²) >= 11 is 0. The molecule has 5 heteroatoms. The quantitative estimate of drug-likeness (QED) is 0.691. The molecule has 0 aromatic heterocycles. The predicted molar refractivity (Wildman–Crippen MR) is 111 cm³/mol. The van der Waals surface area contributed by atoms with Gasteiger partial charge in [0.1, 0.15) is 0 Å². The molecule has 2 aromatic rings. The highest BCUT2D eigenvalue weighted by molar-refractivity contribution is 5.94. The van der Waals surface area contributed by atoms with Crippen LogP contribution in [0.4, 0.5) is 0 Å². The Morgan fingerprint density at radius 1 is 0.964 bits per heavy atom. The number of carbonyl (C=O) groups excluding carboxylic acids is 2. The number of rotatable bonds is 7. The first kappa shape index (κ1) is 20.1. The molecule has 3 atom stereocenters. The lowest BCUT2D eigenvalue weighted by Gasteiger charge is -2.32. The summed E-state index contributed by atoms with van der Waals surface area (Å²) in [6.45, 7) is 0.595. The minimum absolute atomic E-state index is 0.0486. The second-order valence-electron chi connectivity index (χ2n) is 7.46. The van der Waals surface area contributed by atoms with Crippen molar-refractivity contribution < 1.29 is 9.59 Å². The van der Waals surface area contributed by atoms with Gasteiger partial charge >= 0.3 is 0 Å². The zero-order valence-corrected chi connectivity index (χ0v) is 16.1. The van der Waals surface area contributed by atoms with Gasteiger partial charge in [0, 0.05) is 11.6 Å². The maximum atomic E-state index is 12.8. The molecule has 0 bridgehead atoms. The van der Waals surface area contributed by atoms with Crippen molar-refractivity contribution in [1.82, 2.24) is 10.6 Å². The van der Waals surface area contributed by atoms with Gasteiger partial charge in [-0.3, -0.25) is 9.59 Å². The minimum Gasteiger partial charge on any atom is -0.353 e. The van der Waals surface area contributed by atoms with Crippen molar-refractivity contribution in [1.29, 1.82) is 0 Å². The van der Waals surface area contributed by atoms with Crippen LogP contribution in [0.15, 0.2) is 60.7 Å². The molecule has 1 fully saturated rings. The fourth-order valence-corrected chi connectivity index (χ4v) is 3.90. The van der Waals surface area contributed by atoms with E-state index in [0.29, 0.717) is 18.0 Å². The zero-order valence-electron chi connectivity index (χ0n) is 16.1. The second-order valence-corrected chi connectivity index (χ2v) is 7.46. The summed E-state index contributed by atoms with van der Waals surface area (Å²) in [6.07, 6.45) is 4.53. The Labute approximate surface area is 166 Å². The molecular weight excluding hydrogens is 350 g/mol.